The predicted octanol–water partition coefficient (Wildman–Crippen LogP) is 13.1. The average Bonchev–Trinajstić information content (AvgIpc) is 3.88. The van der Waals surface area contributed by atoms with Crippen molar-refractivity contribution in [3.8, 4) is 34.3 Å². The number of nitriles is 1. The number of para-hydroxylation sites is 4. The number of benzene rings is 8. The third kappa shape index (κ3) is 4.51. The fraction of sp³-hybridized carbons (Fsp3) is 0. The number of hydrogen-bond acceptors (Lipinski definition) is 1. The lowest BCUT2D eigenvalue weighted by molar-refractivity contribution is 1.17. The van der Waals surface area contributed by atoms with E-state index in [1.54, 1.807) is 6.07 Å². The first-order valence-corrected chi connectivity index (χ1v) is 18.3. The van der Waals surface area contributed by atoms with Crippen LogP contribution in [0, 0.1) is 17.9 Å². The molecule has 0 saturated carbocycles. The lowest BCUT2D eigenvalue weighted by atomic mass is 10.0. The number of nitrogens with zero attached hydrogens (tertiary/aromatic N) is 5. The van der Waals surface area contributed by atoms with Gasteiger partial charge in [-0.15, -0.1) is 0 Å². The minimum atomic E-state index is 0.362. The van der Waals surface area contributed by atoms with E-state index in [2.05, 4.69) is 176 Å². The van der Waals surface area contributed by atoms with Gasteiger partial charge in [0, 0.05) is 49.4 Å². The number of aromatic nitrogens is 3. The molecule has 55 heavy (non-hydrogen) atoms. The first kappa shape index (κ1) is 30.7. The molecular weight excluding hydrogens is 671 g/mol. The highest BCUT2D eigenvalue weighted by Crippen LogP contribution is 2.40. The van der Waals surface area contributed by atoms with Crippen molar-refractivity contribution in [2.75, 3.05) is 0 Å². The number of hydrogen-bond donors (Lipinski definition) is 0. The van der Waals surface area contributed by atoms with Crippen LogP contribution >= 0.6 is 0 Å². The lowest BCUT2D eigenvalue weighted by Crippen LogP contribution is -1.95. The van der Waals surface area contributed by atoms with Crippen LogP contribution in [0.4, 0.5) is 5.69 Å². The third-order valence-corrected chi connectivity index (χ3v) is 11.1. The van der Waals surface area contributed by atoms with Crippen molar-refractivity contribution < 1.29 is 0 Å². The molecule has 0 N–H and O–H groups in total. The van der Waals surface area contributed by atoms with Gasteiger partial charge < -0.3 is 13.7 Å². The molecule has 0 bridgehead atoms. The van der Waals surface area contributed by atoms with E-state index in [1.807, 2.05) is 18.2 Å². The molecule has 0 saturated heterocycles. The third-order valence-electron chi connectivity index (χ3n) is 11.1. The van der Waals surface area contributed by atoms with Gasteiger partial charge >= 0.3 is 0 Å². The zero-order chi connectivity index (χ0) is 36.6. The molecule has 0 spiro atoms. The molecule has 0 radical (unpaired) electrons. The van der Waals surface area contributed by atoms with E-state index in [0.717, 1.165) is 61.0 Å². The second-order valence-corrected chi connectivity index (χ2v) is 14.0. The summed E-state index contributed by atoms with van der Waals surface area (Å²) >= 11 is 0. The highest BCUT2D eigenvalue weighted by molar-refractivity contribution is 6.14. The monoisotopic (exact) mass is 699 g/mol. The van der Waals surface area contributed by atoms with Crippen LogP contribution < -0.4 is 0 Å². The van der Waals surface area contributed by atoms with Crippen molar-refractivity contribution in [2.24, 2.45) is 0 Å². The number of fused-ring (bicyclic) bond motifs is 9. The smallest absolute Gasteiger partial charge is 0.204 e. The summed E-state index contributed by atoms with van der Waals surface area (Å²) in [6.07, 6.45) is 0. The van der Waals surface area contributed by atoms with Crippen molar-refractivity contribution in [3.63, 3.8) is 0 Å². The highest BCUT2D eigenvalue weighted by Gasteiger charge is 2.19. The first-order chi connectivity index (χ1) is 27.2. The normalized spacial score (nSPS) is 11.6. The molecule has 0 fully saturated rings. The van der Waals surface area contributed by atoms with Crippen molar-refractivity contribution in [1.29, 1.82) is 5.26 Å². The molecule has 8 aromatic carbocycles. The maximum Gasteiger partial charge on any atom is 0.204 e. The van der Waals surface area contributed by atoms with Gasteiger partial charge in [-0.05, 0) is 96.1 Å². The molecule has 3 aromatic heterocycles. The van der Waals surface area contributed by atoms with Crippen LogP contribution in [0.1, 0.15) is 5.56 Å². The molecule has 0 aliphatic heterocycles. The highest BCUT2D eigenvalue weighted by atomic mass is 15.0. The Hall–Kier alpha value is -7.86. The van der Waals surface area contributed by atoms with Gasteiger partial charge in [-0.1, -0.05) is 91.0 Å². The Kier molecular flexibility index (Phi) is 6.61. The van der Waals surface area contributed by atoms with Gasteiger partial charge in [0.15, 0.2) is 0 Å². The lowest BCUT2D eigenvalue weighted by Gasteiger charge is -2.10. The maximum absolute atomic E-state index is 9.81. The van der Waals surface area contributed by atoms with Crippen molar-refractivity contribution in [2.45, 2.75) is 0 Å². The van der Waals surface area contributed by atoms with Gasteiger partial charge in [-0.25, -0.2) is 4.85 Å². The zero-order valence-corrected chi connectivity index (χ0v) is 29.5. The minimum Gasteiger partial charge on any atom is -0.309 e. The molecule has 0 amide bonds. The summed E-state index contributed by atoms with van der Waals surface area (Å²) < 4.78 is 6.95. The fourth-order valence-electron chi connectivity index (χ4n) is 8.67. The van der Waals surface area contributed by atoms with E-state index in [4.69, 9.17) is 6.57 Å². The van der Waals surface area contributed by atoms with Gasteiger partial charge in [0.2, 0.25) is 5.69 Å². The van der Waals surface area contributed by atoms with Gasteiger partial charge in [0.05, 0.1) is 51.3 Å². The SMILES string of the molecule is [C-]#[N+]c1ccc(-n2c3ccccc3c3cc(-c4ccc5c(c4)c4cc(-n6c7ccccc7c7ccccc76)ccc4n5-c4ccccc4)ccc32)cc1C#N. The maximum atomic E-state index is 9.81. The molecule has 3 heterocycles. The summed E-state index contributed by atoms with van der Waals surface area (Å²) in [4.78, 5) is 3.55. The molecule has 5 nitrogen and oxygen atoms in total. The Morgan fingerprint density at radius 3 is 1.36 bits per heavy atom. The molecule has 254 valence electrons. The Morgan fingerprint density at radius 1 is 0.382 bits per heavy atom. The van der Waals surface area contributed by atoms with Crippen LogP contribution in [0.3, 0.4) is 0 Å². The van der Waals surface area contributed by atoms with E-state index in [1.165, 1.54) is 32.6 Å². The molecule has 11 rings (SSSR count). The average molecular weight is 700 g/mol. The summed E-state index contributed by atoms with van der Waals surface area (Å²) in [5.41, 5.74) is 12.9. The van der Waals surface area contributed by atoms with Crippen molar-refractivity contribution in [3.05, 3.63) is 193 Å². The first-order valence-electron chi connectivity index (χ1n) is 18.3. The molecule has 0 unspecified atom stereocenters. The second kappa shape index (κ2) is 11.8. The standard InChI is InChI=1S/C50H29N5/c1-52-44-23-21-36(27-34(44)31-51)54-47-18-10-7-15-40(47)41-28-32(19-24-48(41)54)33-20-25-49-42(29-33)43-30-37(22-26-50(43)53(49)35-11-3-2-4-12-35)55-45-16-8-5-13-38(45)39-14-6-9-17-46(39)55/h2-30H. The summed E-state index contributed by atoms with van der Waals surface area (Å²) in [5.74, 6) is 0. The number of rotatable bonds is 4. The topological polar surface area (TPSA) is 42.9 Å². The Bertz CT molecular complexity index is 3400. The van der Waals surface area contributed by atoms with E-state index in [0.29, 0.717) is 11.3 Å². The van der Waals surface area contributed by atoms with Gasteiger partial charge in [0.1, 0.15) is 0 Å². The van der Waals surface area contributed by atoms with Gasteiger partial charge in [-0.2, -0.15) is 5.26 Å². The van der Waals surface area contributed by atoms with Crippen LogP contribution in [0.15, 0.2) is 176 Å². The quantitative estimate of drug-likeness (QED) is 0.169. The van der Waals surface area contributed by atoms with E-state index in [-0.39, 0.29) is 0 Å². The van der Waals surface area contributed by atoms with E-state index < -0.39 is 0 Å². The van der Waals surface area contributed by atoms with Gasteiger partial charge in [0.25, 0.3) is 0 Å². The summed E-state index contributed by atoms with van der Waals surface area (Å²) in [5, 5.41) is 16.9. The second-order valence-electron chi connectivity index (χ2n) is 14.0. The van der Waals surface area contributed by atoms with Crippen LogP contribution in [-0.4, -0.2) is 13.7 Å². The predicted molar refractivity (Wildman–Crippen MR) is 226 cm³/mol. The molecular formula is C50H29N5. The molecule has 0 atom stereocenters. The zero-order valence-electron chi connectivity index (χ0n) is 29.5. The minimum absolute atomic E-state index is 0.362. The summed E-state index contributed by atoms with van der Waals surface area (Å²) in [7, 11) is 0. The van der Waals surface area contributed by atoms with Gasteiger partial charge in [-0.3, -0.25) is 0 Å². The summed E-state index contributed by atoms with van der Waals surface area (Å²) in [6.45, 7) is 7.51. The Balaban J connectivity index is 1.14. The van der Waals surface area contributed by atoms with Crippen LogP contribution in [-0.2, 0) is 0 Å². The van der Waals surface area contributed by atoms with E-state index in [9.17, 15) is 5.26 Å². The molecule has 11 aromatic rings. The molecule has 5 heteroatoms. The van der Waals surface area contributed by atoms with Crippen molar-refractivity contribution in [1.82, 2.24) is 13.7 Å². The van der Waals surface area contributed by atoms with Crippen LogP contribution in [0.25, 0.3) is 98.5 Å². The fourth-order valence-corrected chi connectivity index (χ4v) is 8.67. The Morgan fingerprint density at radius 2 is 0.800 bits per heavy atom. The van der Waals surface area contributed by atoms with Crippen molar-refractivity contribution >= 4 is 71.1 Å². The summed E-state index contributed by atoms with van der Waals surface area (Å²) in [6, 6.07) is 64.4. The molecule has 0 aliphatic carbocycles. The largest absolute Gasteiger partial charge is 0.309 e. The van der Waals surface area contributed by atoms with E-state index >= 15 is 0 Å². The van der Waals surface area contributed by atoms with Crippen LogP contribution in [0.5, 0.6) is 0 Å². The van der Waals surface area contributed by atoms with Crippen LogP contribution in [0.2, 0.25) is 0 Å². The Labute approximate surface area is 316 Å². The molecule has 0 aliphatic rings.